The van der Waals surface area contributed by atoms with E-state index in [1.807, 2.05) is 6.92 Å². The molecule has 0 spiro atoms. The molecule has 0 aliphatic heterocycles. The van der Waals surface area contributed by atoms with E-state index in [2.05, 4.69) is 15.3 Å². The Morgan fingerprint density at radius 3 is 2.44 bits per heavy atom. The lowest BCUT2D eigenvalue weighted by atomic mass is 10.0. The summed E-state index contributed by atoms with van der Waals surface area (Å²) in [5, 5.41) is 3.76. The number of esters is 1. The fourth-order valence-corrected chi connectivity index (χ4v) is 1.13. The maximum atomic E-state index is 11.5. The van der Waals surface area contributed by atoms with E-state index >= 15 is 0 Å². The SMILES string of the molecule is CCOC(=O)[C@H](CC)/C(C)=N\NC(=O)OC. The van der Waals surface area contributed by atoms with Crippen molar-refractivity contribution in [2.24, 2.45) is 11.0 Å². The molecule has 0 unspecified atom stereocenters. The number of rotatable bonds is 5. The lowest BCUT2D eigenvalue weighted by Crippen LogP contribution is -2.27. The highest BCUT2D eigenvalue weighted by molar-refractivity contribution is 6.01. The van der Waals surface area contributed by atoms with E-state index in [0.717, 1.165) is 0 Å². The van der Waals surface area contributed by atoms with Gasteiger partial charge in [-0.05, 0) is 20.3 Å². The number of nitrogens with one attached hydrogen (secondary N) is 1. The van der Waals surface area contributed by atoms with E-state index in [9.17, 15) is 9.59 Å². The van der Waals surface area contributed by atoms with Gasteiger partial charge in [-0.15, -0.1) is 0 Å². The Morgan fingerprint density at radius 1 is 1.38 bits per heavy atom. The summed E-state index contributed by atoms with van der Waals surface area (Å²) in [6.45, 7) is 5.57. The molecule has 0 radical (unpaired) electrons. The van der Waals surface area contributed by atoms with Gasteiger partial charge in [0.2, 0.25) is 0 Å². The molecule has 1 amide bonds. The van der Waals surface area contributed by atoms with Gasteiger partial charge >= 0.3 is 12.1 Å². The molecule has 0 aromatic rings. The van der Waals surface area contributed by atoms with Gasteiger partial charge < -0.3 is 9.47 Å². The second-order valence-electron chi connectivity index (χ2n) is 3.07. The predicted octanol–water partition coefficient (Wildman–Crippen LogP) is 1.31. The molecular formula is C10H18N2O4. The van der Waals surface area contributed by atoms with Gasteiger partial charge in [0.1, 0.15) is 0 Å². The first-order chi connectivity index (χ1) is 7.56. The molecule has 0 saturated carbocycles. The minimum atomic E-state index is -0.668. The Balaban J connectivity index is 4.45. The third-order valence-electron chi connectivity index (χ3n) is 1.99. The van der Waals surface area contributed by atoms with Crippen molar-refractivity contribution in [1.29, 1.82) is 0 Å². The van der Waals surface area contributed by atoms with Gasteiger partial charge in [0.25, 0.3) is 0 Å². The molecule has 0 aromatic heterocycles. The largest absolute Gasteiger partial charge is 0.465 e. The minimum absolute atomic E-state index is 0.326. The van der Waals surface area contributed by atoms with Crippen molar-refractivity contribution in [2.45, 2.75) is 27.2 Å². The van der Waals surface area contributed by atoms with Crippen LogP contribution in [-0.2, 0) is 14.3 Å². The first-order valence-corrected chi connectivity index (χ1v) is 5.11. The van der Waals surface area contributed by atoms with Crippen LogP contribution in [0.2, 0.25) is 0 Å². The number of ether oxygens (including phenoxy) is 2. The van der Waals surface area contributed by atoms with E-state index in [0.29, 0.717) is 18.7 Å². The number of hydrogen-bond donors (Lipinski definition) is 1. The molecule has 92 valence electrons. The summed E-state index contributed by atoms with van der Waals surface area (Å²) in [5.74, 6) is -0.768. The number of hydrazone groups is 1. The number of amides is 1. The van der Waals surface area contributed by atoms with E-state index in [1.54, 1.807) is 13.8 Å². The van der Waals surface area contributed by atoms with E-state index in [1.165, 1.54) is 7.11 Å². The topological polar surface area (TPSA) is 77.0 Å². The van der Waals surface area contributed by atoms with Gasteiger partial charge in [-0.3, -0.25) is 4.79 Å². The normalized spacial score (nSPS) is 12.9. The van der Waals surface area contributed by atoms with Crippen molar-refractivity contribution in [3.63, 3.8) is 0 Å². The quantitative estimate of drug-likeness (QED) is 0.439. The number of carbonyl (C=O) groups is 2. The third kappa shape index (κ3) is 4.77. The number of methoxy groups -OCH3 is 1. The Hall–Kier alpha value is -1.59. The maximum Gasteiger partial charge on any atom is 0.427 e. The lowest BCUT2D eigenvalue weighted by molar-refractivity contribution is -0.145. The van der Waals surface area contributed by atoms with E-state index < -0.39 is 12.0 Å². The van der Waals surface area contributed by atoms with Crippen LogP contribution in [0.25, 0.3) is 0 Å². The molecular weight excluding hydrogens is 212 g/mol. The standard InChI is InChI=1S/C10H18N2O4/c1-5-8(9(13)16-6-2)7(3)11-12-10(14)15-4/h8H,5-6H2,1-4H3,(H,12,14)/b11-7-/t8-/m1/s1. The summed E-state index contributed by atoms with van der Waals surface area (Å²) in [6, 6.07) is 0. The van der Waals surface area contributed by atoms with Crippen molar-refractivity contribution < 1.29 is 19.1 Å². The van der Waals surface area contributed by atoms with E-state index in [4.69, 9.17) is 4.74 Å². The zero-order valence-corrected chi connectivity index (χ0v) is 10.1. The molecule has 6 nitrogen and oxygen atoms in total. The minimum Gasteiger partial charge on any atom is -0.465 e. The van der Waals surface area contributed by atoms with Crippen molar-refractivity contribution in [3.8, 4) is 0 Å². The van der Waals surface area contributed by atoms with Crippen molar-refractivity contribution >= 4 is 17.8 Å². The highest BCUT2D eigenvalue weighted by Gasteiger charge is 2.21. The molecule has 0 aliphatic carbocycles. The van der Waals surface area contributed by atoms with Gasteiger partial charge in [-0.1, -0.05) is 6.92 Å². The molecule has 0 saturated heterocycles. The first kappa shape index (κ1) is 14.4. The molecule has 1 atom stereocenters. The molecule has 0 fully saturated rings. The molecule has 0 aromatic carbocycles. The highest BCUT2D eigenvalue weighted by Crippen LogP contribution is 2.07. The van der Waals surface area contributed by atoms with Crippen LogP contribution in [0, 0.1) is 5.92 Å². The molecule has 0 rings (SSSR count). The summed E-state index contributed by atoms with van der Waals surface area (Å²) in [6.07, 6.45) is -0.102. The van der Waals surface area contributed by atoms with Crippen LogP contribution < -0.4 is 5.43 Å². The average molecular weight is 230 g/mol. The van der Waals surface area contributed by atoms with Gasteiger partial charge in [0.15, 0.2) is 0 Å². The highest BCUT2D eigenvalue weighted by atomic mass is 16.5. The van der Waals surface area contributed by atoms with Crippen LogP contribution in [0.15, 0.2) is 5.10 Å². The summed E-state index contributed by atoms with van der Waals surface area (Å²) >= 11 is 0. The van der Waals surface area contributed by atoms with Crippen molar-refractivity contribution in [1.82, 2.24) is 5.43 Å². The lowest BCUT2D eigenvalue weighted by Gasteiger charge is -2.12. The Morgan fingerprint density at radius 2 is 2.00 bits per heavy atom. The molecule has 6 heteroatoms. The second kappa shape index (κ2) is 7.67. The van der Waals surface area contributed by atoms with Crippen LogP contribution in [0.5, 0.6) is 0 Å². The third-order valence-corrected chi connectivity index (χ3v) is 1.99. The summed E-state index contributed by atoms with van der Waals surface area (Å²) in [5.41, 5.74) is 2.65. The predicted molar refractivity (Wildman–Crippen MR) is 59.1 cm³/mol. The second-order valence-corrected chi connectivity index (χ2v) is 3.07. The summed E-state index contributed by atoms with van der Waals surface area (Å²) in [7, 11) is 1.24. The number of carbonyl (C=O) groups excluding carboxylic acids is 2. The number of hydrogen-bond acceptors (Lipinski definition) is 5. The van der Waals surface area contributed by atoms with Gasteiger partial charge in [-0.2, -0.15) is 5.10 Å². The van der Waals surface area contributed by atoms with E-state index in [-0.39, 0.29) is 5.97 Å². The molecule has 1 N–H and O–H groups in total. The molecule has 0 bridgehead atoms. The Kier molecular flexibility index (Phi) is 6.91. The van der Waals surface area contributed by atoms with Crippen LogP contribution in [-0.4, -0.2) is 31.5 Å². The zero-order valence-electron chi connectivity index (χ0n) is 10.1. The van der Waals surface area contributed by atoms with Crippen LogP contribution in [0.4, 0.5) is 4.79 Å². The van der Waals surface area contributed by atoms with Crippen molar-refractivity contribution in [2.75, 3.05) is 13.7 Å². The van der Waals surface area contributed by atoms with Gasteiger partial charge in [-0.25, -0.2) is 10.2 Å². The van der Waals surface area contributed by atoms with Crippen LogP contribution in [0.1, 0.15) is 27.2 Å². The zero-order chi connectivity index (χ0) is 12.6. The molecule has 0 heterocycles. The molecule has 16 heavy (non-hydrogen) atoms. The fourth-order valence-electron chi connectivity index (χ4n) is 1.13. The number of nitrogens with zero attached hydrogens (tertiary/aromatic N) is 1. The Labute approximate surface area is 95.0 Å². The van der Waals surface area contributed by atoms with Crippen molar-refractivity contribution in [3.05, 3.63) is 0 Å². The fraction of sp³-hybridized carbons (Fsp3) is 0.700. The van der Waals surface area contributed by atoms with Crippen LogP contribution in [0.3, 0.4) is 0 Å². The summed E-state index contributed by atoms with van der Waals surface area (Å²) in [4.78, 5) is 22.2. The van der Waals surface area contributed by atoms with Gasteiger partial charge in [0.05, 0.1) is 19.6 Å². The maximum absolute atomic E-state index is 11.5. The first-order valence-electron chi connectivity index (χ1n) is 5.11. The monoisotopic (exact) mass is 230 g/mol. The molecule has 0 aliphatic rings. The Bertz CT molecular complexity index is 276. The smallest absolute Gasteiger partial charge is 0.427 e. The summed E-state index contributed by atoms with van der Waals surface area (Å²) < 4.78 is 9.23. The average Bonchev–Trinajstić information content (AvgIpc) is 2.27. The van der Waals surface area contributed by atoms with Gasteiger partial charge in [0, 0.05) is 5.71 Å². The van der Waals surface area contributed by atoms with Crippen LogP contribution >= 0.6 is 0 Å².